The van der Waals surface area contributed by atoms with Gasteiger partial charge in [0.15, 0.2) is 0 Å². The lowest BCUT2D eigenvalue weighted by Gasteiger charge is -2.26. The van der Waals surface area contributed by atoms with E-state index in [-0.39, 0.29) is 18.6 Å². The number of aromatic hydroxyl groups is 1. The van der Waals surface area contributed by atoms with Gasteiger partial charge in [-0.25, -0.2) is 0 Å². The van der Waals surface area contributed by atoms with Crippen LogP contribution >= 0.6 is 0 Å². The molecule has 23 heteroatoms. The van der Waals surface area contributed by atoms with Crippen LogP contribution in [0.15, 0.2) is 24.3 Å². The van der Waals surface area contributed by atoms with Gasteiger partial charge in [-0.15, -0.1) is 0 Å². The maximum Gasteiger partial charge on any atom is 0.325 e. The van der Waals surface area contributed by atoms with Gasteiger partial charge in [-0.2, -0.15) is 0 Å². The molecule has 23 nitrogen and oxygen atoms in total. The molecular weight excluding hydrogens is 736 g/mol. The molecule has 0 aliphatic rings. The molecule has 1 aromatic rings. The van der Waals surface area contributed by atoms with Crippen LogP contribution in [0.25, 0.3) is 0 Å². The molecule has 0 unspecified atom stereocenters. The largest absolute Gasteiger partial charge is 0.508 e. The first-order chi connectivity index (χ1) is 25.7. The molecule has 8 atom stereocenters. The van der Waals surface area contributed by atoms with Crippen molar-refractivity contribution in [1.82, 2.24) is 37.2 Å². The zero-order valence-corrected chi connectivity index (χ0v) is 30.1. The zero-order chi connectivity index (χ0) is 42.0. The summed E-state index contributed by atoms with van der Waals surface area (Å²) in [5.74, 6) is -9.86. The summed E-state index contributed by atoms with van der Waals surface area (Å²) in [6.45, 7) is 0.561. The number of carbonyl (C=O) groups is 9. The first-order valence-corrected chi connectivity index (χ1v) is 16.7. The van der Waals surface area contributed by atoms with Gasteiger partial charge in [0.25, 0.3) is 0 Å². The number of carboxylic acid groups (broad SMARTS) is 2. The molecule has 0 heterocycles. The highest BCUT2D eigenvalue weighted by Crippen LogP contribution is 2.12. The zero-order valence-electron chi connectivity index (χ0n) is 30.1. The van der Waals surface area contributed by atoms with E-state index in [1.54, 1.807) is 0 Å². The summed E-state index contributed by atoms with van der Waals surface area (Å²) >= 11 is 0. The van der Waals surface area contributed by atoms with Gasteiger partial charge in [-0.3, -0.25) is 43.2 Å². The van der Waals surface area contributed by atoms with Crippen LogP contribution in [-0.4, -0.2) is 152 Å². The highest BCUT2D eigenvalue weighted by molar-refractivity contribution is 5.97. The highest BCUT2D eigenvalue weighted by atomic mass is 16.4. The average Bonchev–Trinajstić information content (AvgIpc) is 3.13. The second-order valence-corrected chi connectivity index (χ2v) is 12.2. The third-order valence-electron chi connectivity index (χ3n) is 7.70. The second-order valence-electron chi connectivity index (χ2n) is 12.2. The Morgan fingerprint density at radius 3 is 1.33 bits per heavy atom. The molecule has 0 saturated heterocycles. The fraction of sp³-hybridized carbons (Fsp3) is 0.531. The number of aliphatic hydroxyl groups is 3. The fourth-order valence-corrected chi connectivity index (χ4v) is 4.35. The van der Waals surface area contributed by atoms with E-state index < -0.39 is 128 Å². The van der Waals surface area contributed by atoms with E-state index in [1.165, 1.54) is 31.2 Å². The van der Waals surface area contributed by atoms with Crippen molar-refractivity contribution in [3.05, 3.63) is 29.8 Å². The Labute approximate surface area is 313 Å². The molecule has 7 amide bonds. The summed E-state index contributed by atoms with van der Waals surface area (Å²) in [7, 11) is 0. The molecule has 0 radical (unpaired) electrons. The number of nitrogens with two attached hydrogens (primary N) is 1. The summed E-state index contributed by atoms with van der Waals surface area (Å²) in [4.78, 5) is 111. The summed E-state index contributed by atoms with van der Waals surface area (Å²) in [5, 5.41) is 72.1. The normalized spacial score (nSPS) is 15.2. The van der Waals surface area contributed by atoms with Crippen LogP contribution in [0.4, 0.5) is 0 Å². The average molecular weight is 785 g/mol. The van der Waals surface area contributed by atoms with Crippen molar-refractivity contribution >= 4 is 53.3 Å². The van der Waals surface area contributed by atoms with Crippen LogP contribution in [-0.2, 0) is 49.6 Å². The van der Waals surface area contributed by atoms with Crippen LogP contribution in [0.5, 0.6) is 5.75 Å². The van der Waals surface area contributed by atoms with E-state index in [0.717, 1.165) is 13.8 Å². The number of hydrogen-bond donors (Lipinski definition) is 14. The van der Waals surface area contributed by atoms with Crippen molar-refractivity contribution in [2.45, 2.75) is 88.4 Å². The van der Waals surface area contributed by atoms with Crippen LogP contribution in [0.2, 0.25) is 0 Å². The molecule has 306 valence electrons. The minimum atomic E-state index is -1.74. The topological polar surface area (TPSA) is 385 Å². The number of phenols is 1. The Bertz CT molecular complexity index is 1540. The summed E-state index contributed by atoms with van der Waals surface area (Å²) in [5.41, 5.74) is 5.99. The number of nitrogens with one attached hydrogen (secondary N) is 7. The molecule has 0 spiro atoms. The summed E-state index contributed by atoms with van der Waals surface area (Å²) in [6, 6.07) is -6.59. The van der Waals surface area contributed by atoms with Crippen molar-refractivity contribution < 1.29 is 73.8 Å². The molecule has 0 aliphatic heterocycles. The summed E-state index contributed by atoms with van der Waals surface area (Å²) in [6.07, 6.45) is -0.898. The van der Waals surface area contributed by atoms with Gasteiger partial charge in [0, 0.05) is 12.8 Å². The van der Waals surface area contributed by atoms with Crippen molar-refractivity contribution in [2.24, 2.45) is 5.73 Å². The van der Waals surface area contributed by atoms with Gasteiger partial charge in [0.1, 0.15) is 48.0 Å². The Morgan fingerprint density at radius 1 is 0.545 bits per heavy atom. The number of rotatable bonds is 23. The first kappa shape index (κ1) is 47.1. The highest BCUT2D eigenvalue weighted by Gasteiger charge is 2.32. The second kappa shape index (κ2) is 23.0. The molecule has 0 fully saturated rings. The quantitative estimate of drug-likeness (QED) is 0.0491. The number of amides is 7. The van der Waals surface area contributed by atoms with Gasteiger partial charge in [0.2, 0.25) is 41.4 Å². The molecule has 0 saturated carbocycles. The molecule has 0 aliphatic carbocycles. The Balaban J connectivity index is 2.98. The van der Waals surface area contributed by atoms with E-state index in [1.807, 2.05) is 0 Å². The lowest BCUT2D eigenvalue weighted by atomic mass is 10.0. The maximum absolute atomic E-state index is 13.3. The van der Waals surface area contributed by atoms with Crippen molar-refractivity contribution in [1.29, 1.82) is 0 Å². The third kappa shape index (κ3) is 16.3. The lowest BCUT2D eigenvalue weighted by molar-refractivity contribution is -0.142. The molecule has 1 rings (SSSR count). The Kier molecular flexibility index (Phi) is 19.7. The van der Waals surface area contributed by atoms with Crippen LogP contribution < -0.4 is 43.0 Å². The van der Waals surface area contributed by atoms with Crippen LogP contribution in [0, 0.1) is 0 Å². The fourth-order valence-electron chi connectivity index (χ4n) is 4.35. The number of carbonyl (C=O) groups excluding carboxylic acids is 7. The maximum atomic E-state index is 13.3. The van der Waals surface area contributed by atoms with E-state index in [0.29, 0.717) is 5.56 Å². The minimum absolute atomic E-state index is 0.120. The number of aliphatic hydroxyl groups excluding tert-OH is 3. The molecule has 15 N–H and O–H groups in total. The van der Waals surface area contributed by atoms with Gasteiger partial charge in [0.05, 0.1) is 25.9 Å². The monoisotopic (exact) mass is 784 g/mol. The van der Waals surface area contributed by atoms with Crippen molar-refractivity contribution in [3.63, 3.8) is 0 Å². The van der Waals surface area contributed by atoms with Gasteiger partial charge < -0.3 is 73.6 Å². The summed E-state index contributed by atoms with van der Waals surface area (Å²) < 4.78 is 0. The number of carboxylic acids is 2. The third-order valence-corrected chi connectivity index (χ3v) is 7.70. The van der Waals surface area contributed by atoms with E-state index in [4.69, 9.17) is 15.9 Å². The van der Waals surface area contributed by atoms with Crippen molar-refractivity contribution in [3.8, 4) is 5.75 Å². The number of phenolic OH excluding ortho intramolecular Hbond substituents is 1. The van der Waals surface area contributed by atoms with Crippen LogP contribution in [0.1, 0.15) is 39.2 Å². The predicted molar refractivity (Wildman–Crippen MR) is 186 cm³/mol. The smallest absolute Gasteiger partial charge is 0.325 e. The minimum Gasteiger partial charge on any atom is -0.508 e. The van der Waals surface area contributed by atoms with Gasteiger partial charge in [-0.1, -0.05) is 12.1 Å². The number of aliphatic carboxylic acids is 2. The number of hydrogen-bond acceptors (Lipinski definition) is 14. The van der Waals surface area contributed by atoms with E-state index >= 15 is 0 Å². The standard InChI is InChI=1S/C32H48N8O15/c1-14(34-27(49)19(33)8-9-24(45)46)25(47)38-21(11-41)29(51)35-15(2)26(48)39-23(13-43)31(53)37-20(10-17-4-6-18(44)7-5-17)28(50)40-22(12-42)30(52)36-16(3)32(54)55/h4-7,14-16,19-23,41-44H,8-13,33H2,1-3H3,(H,34,49)(H,35,51)(H,36,52)(H,37,53)(H,38,47)(H,39,48)(H,40,50)(H,45,46)(H,54,55)/t14-,15-,16-,19-,20-,21-,22-,23-/m1/s1. The predicted octanol–water partition coefficient (Wildman–Crippen LogP) is -6.36. The first-order valence-electron chi connectivity index (χ1n) is 16.7. The molecule has 0 aromatic heterocycles. The molecule has 1 aromatic carbocycles. The van der Waals surface area contributed by atoms with Gasteiger partial charge >= 0.3 is 11.9 Å². The van der Waals surface area contributed by atoms with Crippen LogP contribution in [0.3, 0.4) is 0 Å². The SMILES string of the molecule is C[C@@H](NC(=O)[C@@H](CO)NC(=O)[C@@H](Cc1ccc(O)cc1)NC(=O)[C@@H](CO)NC(=O)[C@@H](C)NC(=O)[C@@H](CO)NC(=O)[C@@H](C)NC(=O)[C@H](N)CCC(=O)O)C(=O)O. The van der Waals surface area contributed by atoms with E-state index in [9.17, 15) is 63.6 Å². The lowest BCUT2D eigenvalue weighted by Crippen LogP contribution is -2.61. The molecule has 0 bridgehead atoms. The van der Waals surface area contributed by atoms with Gasteiger partial charge in [-0.05, 0) is 44.9 Å². The molecule has 55 heavy (non-hydrogen) atoms. The Hall–Kier alpha value is -5.91. The van der Waals surface area contributed by atoms with Crippen molar-refractivity contribution in [2.75, 3.05) is 19.8 Å². The molecular formula is C32H48N8O15. The van der Waals surface area contributed by atoms with E-state index in [2.05, 4.69) is 37.2 Å². The number of benzene rings is 1. The Morgan fingerprint density at radius 2 is 0.909 bits per heavy atom.